The molecular weight excluding hydrogens is 520 g/mol. The molecule has 0 spiro atoms. The molecule has 43 heavy (non-hydrogen) atoms. The normalized spacial score (nSPS) is 14.8. The summed E-state index contributed by atoms with van der Waals surface area (Å²) in [6.07, 6.45) is 46.6. The zero-order valence-electron chi connectivity index (χ0n) is 29.2. The van der Waals surface area contributed by atoms with Crippen LogP contribution in [0.5, 0.6) is 0 Å². The van der Waals surface area contributed by atoms with Crippen LogP contribution in [0.1, 0.15) is 200 Å². The van der Waals surface area contributed by atoms with Gasteiger partial charge in [-0.05, 0) is 31.4 Å². The van der Waals surface area contributed by atoms with E-state index in [9.17, 15) is 0 Å². The third-order valence-corrected chi connectivity index (χ3v) is 9.76. The average Bonchev–Trinajstić information content (AvgIpc) is 3.44. The molecule has 0 amide bonds. The van der Waals surface area contributed by atoms with Crippen LogP contribution in [0.25, 0.3) is 0 Å². The Kier molecular flexibility index (Phi) is 24.6. The molecule has 2 heteroatoms. The Hall–Kier alpha value is -1.44. The van der Waals surface area contributed by atoms with Crippen LogP contribution in [0.3, 0.4) is 0 Å². The van der Waals surface area contributed by atoms with E-state index in [4.69, 9.17) is 0 Å². The van der Waals surface area contributed by atoms with Crippen molar-refractivity contribution in [3.63, 3.8) is 0 Å². The van der Waals surface area contributed by atoms with E-state index >= 15 is 0 Å². The van der Waals surface area contributed by atoms with Gasteiger partial charge in [-0.2, -0.15) is 0 Å². The van der Waals surface area contributed by atoms with Gasteiger partial charge in [0.25, 0.3) is 0 Å². The molecule has 2 rings (SSSR count). The molecule has 0 aliphatic carbocycles. The SMILES string of the molecule is CCCCCCCCCCCCCCCCCCC1N(CCCCCCCCCCCCCC)C=CN1c1ccccc1. The molecule has 2 nitrogen and oxygen atoms in total. The molecule has 0 N–H and O–H groups in total. The lowest BCUT2D eigenvalue weighted by atomic mass is 10.0. The smallest absolute Gasteiger partial charge is 0.105 e. The second kappa shape index (κ2) is 28.1. The third kappa shape index (κ3) is 19.5. The van der Waals surface area contributed by atoms with Gasteiger partial charge in [0.15, 0.2) is 0 Å². The molecule has 0 saturated heterocycles. The largest absolute Gasteiger partial charge is 0.356 e. The Labute approximate surface area is 270 Å². The van der Waals surface area contributed by atoms with Crippen LogP contribution in [-0.4, -0.2) is 17.6 Å². The lowest BCUT2D eigenvalue weighted by molar-refractivity contribution is 0.273. The molecule has 1 aliphatic heterocycles. The summed E-state index contributed by atoms with van der Waals surface area (Å²) in [5, 5.41) is 0. The minimum atomic E-state index is 0.502. The maximum Gasteiger partial charge on any atom is 0.105 e. The predicted molar refractivity (Wildman–Crippen MR) is 194 cm³/mol. The monoisotopic (exact) mass is 595 g/mol. The van der Waals surface area contributed by atoms with Crippen molar-refractivity contribution in [1.29, 1.82) is 0 Å². The van der Waals surface area contributed by atoms with Crippen molar-refractivity contribution in [3.05, 3.63) is 42.7 Å². The summed E-state index contributed by atoms with van der Waals surface area (Å²) in [4.78, 5) is 5.18. The van der Waals surface area contributed by atoms with Crippen molar-refractivity contribution in [2.75, 3.05) is 11.4 Å². The molecule has 1 aromatic rings. The second-order valence-electron chi connectivity index (χ2n) is 13.7. The fraction of sp³-hybridized carbons (Fsp3) is 0.805. The van der Waals surface area contributed by atoms with Gasteiger partial charge in [-0.25, -0.2) is 0 Å². The molecule has 0 bridgehead atoms. The minimum Gasteiger partial charge on any atom is -0.356 e. The van der Waals surface area contributed by atoms with Crippen molar-refractivity contribution >= 4 is 5.69 Å². The van der Waals surface area contributed by atoms with E-state index in [-0.39, 0.29) is 0 Å². The van der Waals surface area contributed by atoms with E-state index in [1.165, 1.54) is 198 Å². The fourth-order valence-corrected chi connectivity index (χ4v) is 6.91. The summed E-state index contributed by atoms with van der Waals surface area (Å²) in [7, 11) is 0. The third-order valence-electron chi connectivity index (χ3n) is 9.76. The Bertz CT molecular complexity index is 728. The van der Waals surface area contributed by atoms with Crippen molar-refractivity contribution < 1.29 is 0 Å². The first-order chi connectivity index (χ1) is 21.4. The molecule has 1 aliphatic rings. The van der Waals surface area contributed by atoms with Gasteiger partial charge in [0.1, 0.15) is 6.17 Å². The fourth-order valence-electron chi connectivity index (χ4n) is 6.91. The highest BCUT2D eigenvalue weighted by atomic mass is 15.4. The van der Waals surface area contributed by atoms with Gasteiger partial charge in [-0.3, -0.25) is 0 Å². The number of hydrogen-bond acceptors (Lipinski definition) is 2. The standard InChI is InChI=1S/C41H74N2/c1-3-5-7-9-11-13-15-17-18-19-20-21-23-25-27-32-36-41-42(38-39-43(41)40-34-30-29-31-35-40)37-33-28-26-24-22-16-14-12-10-8-6-4-2/h29-31,34-35,38-39,41H,3-28,32-33,36-37H2,1-2H3. The van der Waals surface area contributed by atoms with Gasteiger partial charge in [0.05, 0.1) is 0 Å². The first-order valence-corrected chi connectivity index (χ1v) is 19.6. The molecule has 0 saturated carbocycles. The van der Waals surface area contributed by atoms with Crippen molar-refractivity contribution in [2.24, 2.45) is 0 Å². The molecule has 1 heterocycles. The Morgan fingerprint density at radius 3 is 1.21 bits per heavy atom. The predicted octanol–water partition coefficient (Wildman–Crippen LogP) is 14.0. The van der Waals surface area contributed by atoms with Gasteiger partial charge in [-0.1, -0.05) is 199 Å². The highest BCUT2D eigenvalue weighted by molar-refractivity contribution is 5.51. The topological polar surface area (TPSA) is 6.48 Å². The first kappa shape index (κ1) is 37.7. The van der Waals surface area contributed by atoms with E-state index < -0.39 is 0 Å². The van der Waals surface area contributed by atoms with Crippen LogP contribution in [-0.2, 0) is 0 Å². The molecule has 1 aromatic carbocycles. The molecule has 0 aromatic heterocycles. The number of nitrogens with zero attached hydrogens (tertiary/aromatic N) is 2. The number of anilines is 1. The lowest BCUT2D eigenvalue weighted by Crippen LogP contribution is -2.39. The van der Waals surface area contributed by atoms with E-state index in [2.05, 4.69) is 66.4 Å². The quantitative estimate of drug-likeness (QED) is 0.0789. The molecule has 0 fully saturated rings. The Morgan fingerprint density at radius 1 is 0.419 bits per heavy atom. The average molecular weight is 595 g/mol. The Morgan fingerprint density at radius 2 is 0.791 bits per heavy atom. The second-order valence-corrected chi connectivity index (χ2v) is 13.7. The van der Waals surface area contributed by atoms with Gasteiger partial charge < -0.3 is 9.80 Å². The molecule has 0 radical (unpaired) electrons. The van der Waals surface area contributed by atoms with Crippen LogP contribution in [0.4, 0.5) is 5.69 Å². The van der Waals surface area contributed by atoms with Crippen LogP contribution < -0.4 is 4.90 Å². The number of para-hydroxylation sites is 1. The zero-order valence-corrected chi connectivity index (χ0v) is 29.2. The minimum absolute atomic E-state index is 0.502. The van der Waals surface area contributed by atoms with E-state index in [0.717, 1.165) is 0 Å². The van der Waals surface area contributed by atoms with Crippen LogP contribution in [0, 0.1) is 0 Å². The van der Waals surface area contributed by atoms with Crippen molar-refractivity contribution in [1.82, 2.24) is 4.90 Å². The maximum atomic E-state index is 2.65. The Balaban J connectivity index is 1.51. The van der Waals surface area contributed by atoms with E-state index in [1.807, 2.05) is 0 Å². The van der Waals surface area contributed by atoms with Crippen LogP contribution in [0.2, 0.25) is 0 Å². The summed E-state index contributed by atoms with van der Waals surface area (Å²) in [5.41, 5.74) is 1.34. The summed E-state index contributed by atoms with van der Waals surface area (Å²) in [6.45, 7) is 5.82. The first-order valence-electron chi connectivity index (χ1n) is 19.6. The molecule has 1 atom stereocenters. The molecular formula is C41H74N2. The highest BCUT2D eigenvalue weighted by Gasteiger charge is 2.26. The molecule has 1 unspecified atom stereocenters. The zero-order chi connectivity index (χ0) is 30.5. The van der Waals surface area contributed by atoms with Crippen molar-refractivity contribution in [2.45, 2.75) is 206 Å². The maximum absolute atomic E-state index is 2.65. The van der Waals surface area contributed by atoms with Gasteiger partial charge in [-0.15, -0.1) is 0 Å². The van der Waals surface area contributed by atoms with E-state index in [1.54, 1.807) is 0 Å². The number of rotatable bonds is 31. The summed E-state index contributed by atoms with van der Waals surface area (Å²) in [5.74, 6) is 0. The van der Waals surface area contributed by atoms with Gasteiger partial charge >= 0.3 is 0 Å². The summed E-state index contributed by atoms with van der Waals surface area (Å²) >= 11 is 0. The summed E-state index contributed by atoms with van der Waals surface area (Å²) in [6, 6.07) is 11.1. The van der Waals surface area contributed by atoms with E-state index in [0.29, 0.717) is 6.17 Å². The highest BCUT2D eigenvalue weighted by Crippen LogP contribution is 2.28. The summed E-state index contributed by atoms with van der Waals surface area (Å²) < 4.78 is 0. The molecule has 248 valence electrons. The van der Waals surface area contributed by atoms with Crippen LogP contribution >= 0.6 is 0 Å². The van der Waals surface area contributed by atoms with Crippen molar-refractivity contribution in [3.8, 4) is 0 Å². The van der Waals surface area contributed by atoms with Gasteiger partial charge in [0, 0.05) is 24.6 Å². The van der Waals surface area contributed by atoms with Crippen LogP contribution in [0.15, 0.2) is 42.7 Å². The van der Waals surface area contributed by atoms with Gasteiger partial charge in [0.2, 0.25) is 0 Å². The lowest BCUT2D eigenvalue weighted by Gasteiger charge is -2.33. The number of hydrogen-bond donors (Lipinski definition) is 0. The number of unbranched alkanes of at least 4 members (excludes halogenated alkanes) is 26. The number of benzene rings is 1.